The van der Waals surface area contributed by atoms with Crippen molar-refractivity contribution in [2.45, 2.75) is 12.8 Å². The summed E-state index contributed by atoms with van der Waals surface area (Å²) < 4.78 is 12.6. The van der Waals surface area contributed by atoms with Gasteiger partial charge in [0.05, 0.1) is 25.5 Å². The molecule has 1 aliphatic carbocycles. The fraction of sp³-hybridized carbons (Fsp3) is 0.316. The predicted octanol–water partition coefficient (Wildman–Crippen LogP) is 2.38. The Kier molecular flexibility index (Phi) is 4.98. The number of benzene rings is 1. The van der Waals surface area contributed by atoms with Crippen LogP contribution in [0.25, 0.3) is 11.4 Å². The van der Waals surface area contributed by atoms with Crippen molar-refractivity contribution in [1.29, 1.82) is 0 Å². The zero-order valence-electron chi connectivity index (χ0n) is 16.3. The van der Waals surface area contributed by atoms with Crippen LogP contribution in [0, 0.1) is 5.92 Å². The number of anilines is 3. The highest BCUT2D eigenvalue weighted by molar-refractivity contribution is 5.93. The molecule has 4 rings (SSSR count). The number of methoxy groups -OCH3 is 2. The van der Waals surface area contributed by atoms with Crippen LogP contribution in [0.4, 0.5) is 17.2 Å². The summed E-state index contributed by atoms with van der Waals surface area (Å²) in [7, 11) is 4.88. The molecule has 2 heterocycles. The van der Waals surface area contributed by atoms with Crippen molar-refractivity contribution in [3.8, 4) is 23.0 Å². The number of aryl methyl sites for hydroxylation is 1. The number of aromatic nitrogens is 5. The van der Waals surface area contributed by atoms with Crippen molar-refractivity contribution >= 4 is 23.1 Å². The van der Waals surface area contributed by atoms with Gasteiger partial charge in [-0.3, -0.25) is 9.48 Å². The largest absolute Gasteiger partial charge is 0.494 e. The summed E-state index contributed by atoms with van der Waals surface area (Å²) >= 11 is 0. The number of hydrogen-bond donors (Lipinski definition) is 2. The quantitative estimate of drug-likeness (QED) is 0.626. The highest BCUT2D eigenvalue weighted by atomic mass is 16.5. The van der Waals surface area contributed by atoms with Gasteiger partial charge in [-0.05, 0) is 25.0 Å². The van der Waals surface area contributed by atoms with Gasteiger partial charge in [0.2, 0.25) is 5.91 Å². The number of nitrogens with zero attached hydrogens (tertiary/aromatic N) is 5. The lowest BCUT2D eigenvalue weighted by Crippen LogP contribution is -2.15. The fourth-order valence-electron chi connectivity index (χ4n) is 2.89. The third-order valence-corrected chi connectivity index (χ3v) is 4.48. The lowest BCUT2D eigenvalue weighted by atomic mass is 10.1. The van der Waals surface area contributed by atoms with E-state index in [9.17, 15) is 4.79 Å². The van der Waals surface area contributed by atoms with Crippen LogP contribution in [0.3, 0.4) is 0 Å². The van der Waals surface area contributed by atoms with E-state index in [-0.39, 0.29) is 17.7 Å². The van der Waals surface area contributed by atoms with Crippen LogP contribution in [-0.4, -0.2) is 45.1 Å². The maximum Gasteiger partial charge on any atom is 0.257 e. The van der Waals surface area contributed by atoms with Gasteiger partial charge in [0.25, 0.3) is 5.88 Å². The number of para-hydroxylation sites is 1. The van der Waals surface area contributed by atoms with Crippen molar-refractivity contribution in [1.82, 2.24) is 25.0 Å². The molecule has 1 aliphatic rings. The van der Waals surface area contributed by atoms with E-state index < -0.39 is 0 Å². The maximum absolute atomic E-state index is 12.0. The number of rotatable bonds is 7. The van der Waals surface area contributed by atoms with Crippen molar-refractivity contribution in [3.05, 3.63) is 30.6 Å². The molecule has 2 N–H and O–H groups in total. The van der Waals surface area contributed by atoms with Crippen molar-refractivity contribution in [3.63, 3.8) is 0 Å². The smallest absolute Gasteiger partial charge is 0.257 e. The van der Waals surface area contributed by atoms with Gasteiger partial charge in [-0.2, -0.15) is 5.10 Å². The van der Waals surface area contributed by atoms with E-state index in [0.717, 1.165) is 18.4 Å². The Labute approximate surface area is 167 Å². The first-order valence-corrected chi connectivity index (χ1v) is 9.11. The molecule has 0 saturated heterocycles. The van der Waals surface area contributed by atoms with Crippen molar-refractivity contribution < 1.29 is 14.3 Å². The van der Waals surface area contributed by atoms with E-state index in [2.05, 4.69) is 30.9 Å². The molecule has 0 bridgehead atoms. The second kappa shape index (κ2) is 7.74. The van der Waals surface area contributed by atoms with Gasteiger partial charge < -0.3 is 20.1 Å². The molecular weight excluding hydrogens is 374 g/mol. The van der Waals surface area contributed by atoms with Gasteiger partial charge in [0.15, 0.2) is 17.4 Å². The lowest BCUT2D eigenvalue weighted by molar-refractivity contribution is -0.117. The van der Waals surface area contributed by atoms with E-state index in [0.29, 0.717) is 28.8 Å². The minimum atomic E-state index is -0.0452. The number of hydrogen-bond acceptors (Lipinski definition) is 8. The van der Waals surface area contributed by atoms with Gasteiger partial charge in [-0.25, -0.2) is 4.98 Å². The van der Waals surface area contributed by atoms with E-state index in [1.165, 1.54) is 7.11 Å². The van der Waals surface area contributed by atoms with Gasteiger partial charge in [-0.15, -0.1) is 10.2 Å². The molecule has 2 aromatic heterocycles. The SMILES string of the molecule is COc1nnc(NC(=O)C2CC2)cc1Nc1cccc(-c2ncn(C)n2)c1OC. The molecule has 0 unspecified atom stereocenters. The Bertz CT molecular complexity index is 1050. The van der Waals surface area contributed by atoms with Gasteiger partial charge in [0, 0.05) is 19.0 Å². The normalized spacial score (nSPS) is 13.1. The summed E-state index contributed by atoms with van der Waals surface area (Å²) in [4.78, 5) is 16.3. The fourth-order valence-corrected chi connectivity index (χ4v) is 2.89. The van der Waals surface area contributed by atoms with E-state index in [4.69, 9.17) is 9.47 Å². The van der Waals surface area contributed by atoms with Gasteiger partial charge >= 0.3 is 0 Å². The minimum absolute atomic E-state index is 0.0452. The average molecular weight is 395 g/mol. The second-order valence-corrected chi connectivity index (χ2v) is 6.67. The molecule has 3 aromatic rings. The zero-order valence-corrected chi connectivity index (χ0v) is 16.3. The summed E-state index contributed by atoms with van der Waals surface area (Å²) in [5.41, 5.74) is 1.95. The number of carbonyl (C=O) groups excluding carboxylic acids is 1. The van der Waals surface area contributed by atoms with Crippen LogP contribution in [0.5, 0.6) is 11.6 Å². The van der Waals surface area contributed by atoms with Gasteiger partial charge in [0.1, 0.15) is 12.0 Å². The summed E-state index contributed by atoms with van der Waals surface area (Å²) in [6, 6.07) is 7.28. The first-order valence-electron chi connectivity index (χ1n) is 9.11. The average Bonchev–Trinajstić information content (AvgIpc) is 3.49. The number of nitrogens with one attached hydrogen (secondary N) is 2. The third kappa shape index (κ3) is 3.96. The Morgan fingerprint density at radius 3 is 2.66 bits per heavy atom. The Morgan fingerprint density at radius 1 is 1.17 bits per heavy atom. The van der Waals surface area contributed by atoms with Crippen LogP contribution < -0.4 is 20.1 Å². The molecule has 29 heavy (non-hydrogen) atoms. The highest BCUT2D eigenvalue weighted by Gasteiger charge is 2.30. The molecule has 150 valence electrons. The first kappa shape index (κ1) is 18.7. The Hall–Kier alpha value is -3.69. The number of amides is 1. The Balaban J connectivity index is 1.66. The van der Waals surface area contributed by atoms with Crippen molar-refractivity contribution in [2.24, 2.45) is 13.0 Å². The van der Waals surface area contributed by atoms with Gasteiger partial charge in [-0.1, -0.05) is 6.07 Å². The topological polar surface area (TPSA) is 116 Å². The summed E-state index contributed by atoms with van der Waals surface area (Å²) in [6.45, 7) is 0. The monoisotopic (exact) mass is 395 g/mol. The lowest BCUT2D eigenvalue weighted by Gasteiger charge is -2.15. The van der Waals surface area contributed by atoms with E-state index >= 15 is 0 Å². The van der Waals surface area contributed by atoms with Crippen LogP contribution >= 0.6 is 0 Å². The molecule has 1 saturated carbocycles. The summed E-state index contributed by atoms with van der Waals surface area (Å²) in [5.74, 6) is 1.78. The molecule has 0 aliphatic heterocycles. The molecule has 10 nitrogen and oxygen atoms in total. The van der Waals surface area contributed by atoms with E-state index in [1.807, 2.05) is 18.2 Å². The molecule has 1 fully saturated rings. The molecule has 1 aromatic carbocycles. The molecule has 10 heteroatoms. The highest BCUT2D eigenvalue weighted by Crippen LogP contribution is 2.38. The van der Waals surface area contributed by atoms with Crippen LogP contribution in [0.15, 0.2) is 30.6 Å². The number of ether oxygens (including phenoxy) is 2. The first-order chi connectivity index (χ1) is 14.1. The molecule has 0 spiro atoms. The molecular formula is C19H21N7O3. The zero-order chi connectivity index (χ0) is 20.4. The number of carbonyl (C=O) groups is 1. The molecule has 1 amide bonds. The molecule has 0 radical (unpaired) electrons. The van der Waals surface area contributed by atoms with Crippen LogP contribution in [0.1, 0.15) is 12.8 Å². The summed E-state index contributed by atoms with van der Waals surface area (Å²) in [5, 5.41) is 18.4. The minimum Gasteiger partial charge on any atom is -0.494 e. The van der Waals surface area contributed by atoms with Crippen molar-refractivity contribution in [2.75, 3.05) is 24.9 Å². The molecule has 0 atom stereocenters. The summed E-state index contributed by atoms with van der Waals surface area (Å²) in [6.07, 6.45) is 3.44. The standard InChI is InChI=1S/C19H21N7O3/c1-26-10-20-17(25-26)12-5-4-6-13(16(12)28-2)21-14-9-15(23-24-19(14)29-3)22-18(27)11-7-8-11/h4-6,9-11H,7-8H2,1-3H3,(H2,21,22,23,27). The predicted molar refractivity (Wildman–Crippen MR) is 106 cm³/mol. The second-order valence-electron chi connectivity index (χ2n) is 6.67. The van der Waals surface area contributed by atoms with Crippen LogP contribution in [-0.2, 0) is 11.8 Å². The third-order valence-electron chi connectivity index (χ3n) is 4.48. The van der Waals surface area contributed by atoms with Crippen LogP contribution in [0.2, 0.25) is 0 Å². The maximum atomic E-state index is 12.0. The Morgan fingerprint density at radius 2 is 2.00 bits per heavy atom. The van der Waals surface area contributed by atoms with E-state index in [1.54, 1.807) is 31.2 Å².